The van der Waals surface area contributed by atoms with Gasteiger partial charge in [0.2, 0.25) is 5.89 Å². The zero-order chi connectivity index (χ0) is 18.2. The minimum Gasteiger partial charge on any atom is -0.409 e. The minimum absolute atomic E-state index is 0.255. The quantitative estimate of drug-likeness (QED) is 0.461. The summed E-state index contributed by atoms with van der Waals surface area (Å²) in [6.45, 7) is 0.745. The molecule has 5 aromatic rings. The smallest absolute Gasteiger partial charge is 0.284 e. The normalized spacial score (nSPS) is 11.3. The van der Waals surface area contributed by atoms with Crippen LogP contribution in [0.2, 0.25) is 0 Å². The molecule has 0 saturated carbocycles. The van der Waals surface area contributed by atoms with E-state index in [1.54, 1.807) is 6.20 Å². The molecule has 0 amide bonds. The number of aromatic nitrogens is 6. The van der Waals surface area contributed by atoms with E-state index in [1.165, 1.54) is 5.56 Å². The molecule has 0 radical (unpaired) electrons. The standard InChI is InChI=1S/C19H14N6OS/c27-19-24-23-18(26-19)14-6-7-15-16(10-14)22-17(21-15)13-4-2-12(3-5-13)11-25-9-1-8-20-25/h1-10H,11H2,(H,21,22)(H,24,27). The maximum atomic E-state index is 5.37. The van der Waals surface area contributed by atoms with Gasteiger partial charge < -0.3 is 9.40 Å². The van der Waals surface area contributed by atoms with Crippen LogP contribution >= 0.6 is 12.2 Å². The minimum atomic E-state index is 0.255. The monoisotopic (exact) mass is 374 g/mol. The summed E-state index contributed by atoms with van der Waals surface area (Å²) in [6.07, 6.45) is 3.73. The second-order valence-electron chi connectivity index (χ2n) is 6.14. The molecule has 7 nitrogen and oxygen atoms in total. The number of hydrogen-bond acceptors (Lipinski definition) is 5. The van der Waals surface area contributed by atoms with Crippen molar-refractivity contribution >= 4 is 23.3 Å². The number of aromatic amines is 2. The Morgan fingerprint density at radius 2 is 1.93 bits per heavy atom. The highest BCUT2D eigenvalue weighted by Gasteiger charge is 2.09. The molecule has 0 atom stereocenters. The summed E-state index contributed by atoms with van der Waals surface area (Å²) < 4.78 is 7.27. The zero-order valence-electron chi connectivity index (χ0n) is 14.1. The van der Waals surface area contributed by atoms with Crippen molar-refractivity contribution in [2.75, 3.05) is 0 Å². The highest BCUT2D eigenvalue weighted by atomic mass is 32.1. The molecule has 2 aromatic carbocycles. The van der Waals surface area contributed by atoms with Crippen molar-refractivity contribution in [2.24, 2.45) is 0 Å². The van der Waals surface area contributed by atoms with E-state index in [-0.39, 0.29) is 4.84 Å². The largest absolute Gasteiger partial charge is 0.409 e. The number of fused-ring (bicyclic) bond motifs is 1. The van der Waals surface area contributed by atoms with Gasteiger partial charge in [-0.2, -0.15) is 5.10 Å². The first kappa shape index (κ1) is 15.7. The predicted octanol–water partition coefficient (Wildman–Crippen LogP) is 4.19. The molecule has 3 heterocycles. The third kappa shape index (κ3) is 3.06. The average molecular weight is 374 g/mol. The Bertz CT molecular complexity index is 1260. The van der Waals surface area contributed by atoms with Gasteiger partial charge in [-0.05, 0) is 42.0 Å². The molecule has 0 fully saturated rings. The summed E-state index contributed by atoms with van der Waals surface area (Å²) in [5.74, 6) is 1.27. The molecule has 0 spiro atoms. The van der Waals surface area contributed by atoms with Gasteiger partial charge in [0.05, 0.1) is 17.6 Å². The van der Waals surface area contributed by atoms with Gasteiger partial charge in [0.1, 0.15) is 5.82 Å². The molecule has 0 saturated heterocycles. The van der Waals surface area contributed by atoms with Gasteiger partial charge >= 0.3 is 0 Å². The SMILES string of the molecule is S=c1[nH]nc(-c2ccc3nc(-c4ccc(Cn5cccn5)cc4)[nH]c3c2)o1. The third-order valence-electron chi connectivity index (χ3n) is 4.30. The van der Waals surface area contributed by atoms with Gasteiger partial charge in [0, 0.05) is 23.5 Å². The summed E-state index contributed by atoms with van der Waals surface area (Å²) in [4.78, 5) is 8.29. The number of nitrogens with one attached hydrogen (secondary N) is 2. The fourth-order valence-corrected chi connectivity index (χ4v) is 3.11. The van der Waals surface area contributed by atoms with Crippen LogP contribution in [0.25, 0.3) is 33.9 Å². The van der Waals surface area contributed by atoms with E-state index in [0.29, 0.717) is 5.89 Å². The van der Waals surface area contributed by atoms with Crippen molar-refractivity contribution in [3.8, 4) is 22.8 Å². The zero-order valence-corrected chi connectivity index (χ0v) is 14.9. The van der Waals surface area contributed by atoms with Gasteiger partial charge in [-0.15, -0.1) is 5.10 Å². The van der Waals surface area contributed by atoms with E-state index in [2.05, 4.69) is 49.5 Å². The Morgan fingerprint density at radius 3 is 2.67 bits per heavy atom. The maximum absolute atomic E-state index is 5.37. The topological polar surface area (TPSA) is 88.3 Å². The van der Waals surface area contributed by atoms with Crippen molar-refractivity contribution in [1.82, 2.24) is 29.9 Å². The Kier molecular flexibility index (Phi) is 3.68. The molecule has 5 rings (SSSR count). The van der Waals surface area contributed by atoms with E-state index in [4.69, 9.17) is 16.6 Å². The second kappa shape index (κ2) is 6.33. The summed E-state index contributed by atoms with van der Waals surface area (Å²) >= 11 is 4.93. The summed E-state index contributed by atoms with van der Waals surface area (Å²) in [5.41, 5.74) is 4.82. The first-order valence-corrected chi connectivity index (χ1v) is 8.78. The lowest BCUT2D eigenvalue weighted by atomic mass is 10.1. The maximum Gasteiger partial charge on any atom is 0.284 e. The fourth-order valence-electron chi connectivity index (χ4n) is 2.98. The van der Waals surface area contributed by atoms with Crippen LogP contribution in [0.15, 0.2) is 65.3 Å². The molecule has 0 aliphatic rings. The Hall–Kier alpha value is -3.52. The van der Waals surface area contributed by atoms with Gasteiger partial charge in [-0.3, -0.25) is 4.68 Å². The average Bonchev–Trinajstić information content (AvgIpc) is 3.42. The molecule has 132 valence electrons. The Labute approximate surface area is 158 Å². The van der Waals surface area contributed by atoms with Crippen LogP contribution in [0.1, 0.15) is 5.56 Å². The van der Waals surface area contributed by atoms with Crippen LogP contribution in [-0.2, 0) is 6.54 Å². The van der Waals surface area contributed by atoms with E-state index >= 15 is 0 Å². The number of nitrogens with zero attached hydrogens (tertiary/aromatic N) is 4. The molecule has 0 aliphatic carbocycles. The number of imidazole rings is 1. The van der Waals surface area contributed by atoms with Crippen molar-refractivity contribution in [1.29, 1.82) is 0 Å². The molecular formula is C19H14N6OS. The van der Waals surface area contributed by atoms with Crippen LogP contribution in [0.3, 0.4) is 0 Å². The predicted molar refractivity (Wildman–Crippen MR) is 104 cm³/mol. The summed E-state index contributed by atoms with van der Waals surface area (Å²) in [5, 5.41) is 10.9. The van der Waals surface area contributed by atoms with Gasteiger partial charge in [-0.25, -0.2) is 10.1 Å². The van der Waals surface area contributed by atoms with Crippen molar-refractivity contribution in [3.05, 3.63) is 71.3 Å². The van der Waals surface area contributed by atoms with E-state index < -0.39 is 0 Å². The Morgan fingerprint density at radius 1 is 1.07 bits per heavy atom. The highest BCUT2D eigenvalue weighted by molar-refractivity contribution is 7.71. The number of hydrogen-bond donors (Lipinski definition) is 2. The Balaban J connectivity index is 1.45. The van der Waals surface area contributed by atoms with Crippen LogP contribution in [-0.4, -0.2) is 29.9 Å². The van der Waals surface area contributed by atoms with E-state index in [0.717, 1.165) is 34.5 Å². The summed E-state index contributed by atoms with van der Waals surface area (Å²) in [7, 11) is 0. The lowest BCUT2D eigenvalue weighted by Gasteiger charge is -2.03. The molecule has 0 unspecified atom stereocenters. The lowest BCUT2D eigenvalue weighted by molar-refractivity contribution is 0.552. The van der Waals surface area contributed by atoms with Gasteiger partial charge in [-0.1, -0.05) is 24.3 Å². The van der Waals surface area contributed by atoms with Crippen LogP contribution in [0.5, 0.6) is 0 Å². The van der Waals surface area contributed by atoms with Gasteiger partial charge in [0.25, 0.3) is 4.84 Å². The van der Waals surface area contributed by atoms with Crippen molar-refractivity contribution < 1.29 is 4.42 Å². The second-order valence-corrected chi connectivity index (χ2v) is 6.51. The number of H-pyrrole nitrogens is 2. The van der Waals surface area contributed by atoms with Crippen molar-refractivity contribution in [3.63, 3.8) is 0 Å². The summed E-state index contributed by atoms with van der Waals surface area (Å²) in [6, 6.07) is 16.0. The van der Waals surface area contributed by atoms with Crippen LogP contribution in [0.4, 0.5) is 0 Å². The third-order valence-corrected chi connectivity index (χ3v) is 4.47. The first-order valence-electron chi connectivity index (χ1n) is 8.37. The molecule has 8 heteroatoms. The molecule has 2 N–H and O–H groups in total. The molecule has 27 heavy (non-hydrogen) atoms. The first-order chi connectivity index (χ1) is 13.2. The molecule has 0 aliphatic heterocycles. The number of benzene rings is 2. The van der Waals surface area contributed by atoms with Crippen molar-refractivity contribution in [2.45, 2.75) is 6.54 Å². The van der Waals surface area contributed by atoms with Gasteiger partial charge in [0.15, 0.2) is 0 Å². The van der Waals surface area contributed by atoms with E-state index in [1.807, 2.05) is 35.1 Å². The fraction of sp³-hybridized carbons (Fsp3) is 0.0526. The molecule has 0 bridgehead atoms. The highest BCUT2D eigenvalue weighted by Crippen LogP contribution is 2.25. The molecule has 3 aromatic heterocycles. The lowest BCUT2D eigenvalue weighted by Crippen LogP contribution is -1.99. The van der Waals surface area contributed by atoms with Crippen LogP contribution in [0, 0.1) is 4.84 Å². The molecular weight excluding hydrogens is 360 g/mol. The van der Waals surface area contributed by atoms with Crippen LogP contribution < -0.4 is 0 Å². The number of rotatable bonds is 4. The van der Waals surface area contributed by atoms with E-state index in [9.17, 15) is 0 Å².